The Morgan fingerprint density at radius 1 is 1.31 bits per heavy atom. The van der Waals surface area contributed by atoms with E-state index < -0.39 is 22.9 Å². The Hall–Kier alpha value is -2.79. The number of carbonyl (C=O) groups is 1. The average Bonchev–Trinajstić information content (AvgIpc) is 3.55. The van der Waals surface area contributed by atoms with E-state index in [9.17, 15) is 9.18 Å². The number of nitrogens with two attached hydrogens (primary N) is 1. The zero-order chi connectivity index (χ0) is 22.3. The lowest BCUT2D eigenvalue weighted by Gasteiger charge is -2.38. The number of alkyl halides is 1. The maximum atomic E-state index is 15.7. The molecule has 2 atom stereocenters. The number of amidine groups is 1. The highest BCUT2D eigenvalue weighted by molar-refractivity contribution is 8.13. The van der Waals surface area contributed by atoms with Gasteiger partial charge in [-0.2, -0.15) is 0 Å². The van der Waals surface area contributed by atoms with Crippen molar-refractivity contribution in [2.75, 3.05) is 30.9 Å². The highest BCUT2D eigenvalue weighted by atomic mass is 32.2. The largest absolute Gasteiger partial charge is 0.476 e. The zero-order valence-corrected chi connectivity index (χ0v) is 17.8. The molecular formula is C21H21F2N5O3S. The lowest BCUT2D eigenvalue weighted by atomic mass is 9.79. The van der Waals surface area contributed by atoms with Gasteiger partial charge in [-0.15, -0.1) is 0 Å². The second-order valence-electron chi connectivity index (χ2n) is 8.20. The Bertz CT molecular complexity index is 1080. The number of aromatic nitrogens is 2. The van der Waals surface area contributed by atoms with Crippen molar-refractivity contribution in [1.29, 1.82) is 0 Å². The van der Waals surface area contributed by atoms with Crippen molar-refractivity contribution in [3.63, 3.8) is 0 Å². The Kier molecular flexibility index (Phi) is 5.25. The molecule has 0 unspecified atom stereocenters. The number of carbonyl (C=O) groups excluding carboxylic acids is 1. The summed E-state index contributed by atoms with van der Waals surface area (Å²) in [5, 5.41) is 2.81. The van der Waals surface area contributed by atoms with Crippen LogP contribution in [0, 0.1) is 11.7 Å². The van der Waals surface area contributed by atoms with Crippen LogP contribution < -0.4 is 15.8 Å². The van der Waals surface area contributed by atoms with Crippen molar-refractivity contribution in [2.24, 2.45) is 16.6 Å². The number of amides is 1. The molecule has 3 heterocycles. The Morgan fingerprint density at radius 3 is 2.91 bits per heavy atom. The summed E-state index contributed by atoms with van der Waals surface area (Å²) in [6, 6.07) is 3.91. The number of nitrogens with one attached hydrogen (secondary N) is 1. The lowest BCUT2D eigenvalue weighted by molar-refractivity contribution is 0.102. The van der Waals surface area contributed by atoms with Gasteiger partial charge in [0.1, 0.15) is 11.5 Å². The summed E-state index contributed by atoms with van der Waals surface area (Å²) in [5.41, 5.74) is 2.63. The van der Waals surface area contributed by atoms with Gasteiger partial charge in [0.2, 0.25) is 5.88 Å². The topological polar surface area (TPSA) is 112 Å². The molecule has 0 radical (unpaired) electrons. The third-order valence-corrected chi connectivity index (χ3v) is 6.82. The molecular weight excluding hydrogens is 440 g/mol. The number of aliphatic imine (C=N–C) groups is 1. The highest BCUT2D eigenvalue weighted by Gasteiger charge is 2.61. The van der Waals surface area contributed by atoms with Crippen LogP contribution in [0.3, 0.4) is 0 Å². The van der Waals surface area contributed by atoms with E-state index in [0.717, 1.165) is 30.7 Å². The van der Waals surface area contributed by atoms with Gasteiger partial charge in [0.15, 0.2) is 16.4 Å². The van der Waals surface area contributed by atoms with Crippen LogP contribution in [0.5, 0.6) is 5.88 Å². The summed E-state index contributed by atoms with van der Waals surface area (Å²) < 4.78 is 41.4. The van der Waals surface area contributed by atoms with E-state index in [1.807, 2.05) is 0 Å². The van der Waals surface area contributed by atoms with Gasteiger partial charge in [-0.25, -0.2) is 23.7 Å². The Balaban J connectivity index is 1.37. The number of nitrogens with zero attached hydrogens (tertiary/aromatic N) is 3. The number of benzene rings is 1. The molecule has 1 amide bonds. The van der Waals surface area contributed by atoms with Crippen LogP contribution in [0.15, 0.2) is 35.6 Å². The summed E-state index contributed by atoms with van der Waals surface area (Å²) in [4.78, 5) is 25.1. The van der Waals surface area contributed by atoms with Crippen LogP contribution in [0.1, 0.15) is 28.9 Å². The van der Waals surface area contributed by atoms with Gasteiger partial charge in [-0.1, -0.05) is 11.8 Å². The smallest absolute Gasteiger partial charge is 0.275 e. The number of hydrogen-bond acceptors (Lipinski definition) is 8. The number of hydrogen-bond donors (Lipinski definition) is 2. The SMILES string of the molecule is NC1=N[C@@]2(c3cc(NC(=O)c4cnc(OCC5CC5)cn4)ccc3F)COC[C@@]2(F)CS1. The first kappa shape index (κ1) is 21.1. The van der Waals surface area contributed by atoms with Gasteiger partial charge in [0.05, 0.1) is 32.2 Å². The van der Waals surface area contributed by atoms with E-state index in [2.05, 4.69) is 20.3 Å². The number of halogens is 2. The predicted octanol–water partition coefficient (Wildman–Crippen LogP) is 2.65. The summed E-state index contributed by atoms with van der Waals surface area (Å²) in [6.45, 7) is 0.232. The first-order valence-electron chi connectivity index (χ1n) is 10.2. The van der Waals surface area contributed by atoms with E-state index >= 15 is 4.39 Å². The molecule has 5 rings (SSSR count). The standard InChI is InChI=1S/C21H21F2N5O3S/c22-15-4-3-13(5-14(15)21-10-30-9-20(21,23)11-32-19(24)28-21)27-18(29)16-6-26-17(7-25-16)31-8-12-1-2-12/h3-7,12H,1-2,8-11H2,(H2,24,28)(H,27,29)/t20-,21-/m1/s1. The maximum Gasteiger partial charge on any atom is 0.275 e. The minimum Gasteiger partial charge on any atom is -0.476 e. The number of thioether (sulfide) groups is 1. The fourth-order valence-corrected chi connectivity index (χ4v) is 4.72. The molecule has 1 saturated heterocycles. The van der Waals surface area contributed by atoms with E-state index in [0.29, 0.717) is 18.4 Å². The first-order valence-corrected chi connectivity index (χ1v) is 11.2. The van der Waals surface area contributed by atoms with Crippen molar-refractivity contribution < 1.29 is 23.0 Å². The molecule has 1 aromatic carbocycles. The van der Waals surface area contributed by atoms with Gasteiger partial charge in [0, 0.05) is 17.0 Å². The molecule has 0 bridgehead atoms. The molecule has 1 aromatic heterocycles. The summed E-state index contributed by atoms with van der Waals surface area (Å²) in [7, 11) is 0. The molecule has 3 N–H and O–H groups in total. The third-order valence-electron chi connectivity index (χ3n) is 5.83. The minimum absolute atomic E-state index is 0.00309. The van der Waals surface area contributed by atoms with Crippen LogP contribution in [0.2, 0.25) is 0 Å². The van der Waals surface area contributed by atoms with E-state index in [4.69, 9.17) is 15.2 Å². The van der Waals surface area contributed by atoms with Gasteiger partial charge in [-0.05, 0) is 37.0 Å². The fourth-order valence-electron chi connectivity index (χ4n) is 3.80. The van der Waals surface area contributed by atoms with Gasteiger partial charge in [0.25, 0.3) is 5.91 Å². The summed E-state index contributed by atoms with van der Waals surface area (Å²) in [5.74, 6) is -0.276. The van der Waals surface area contributed by atoms with Gasteiger partial charge in [-0.3, -0.25) is 4.79 Å². The lowest BCUT2D eigenvalue weighted by Crippen LogP contribution is -2.52. The molecule has 1 saturated carbocycles. The van der Waals surface area contributed by atoms with Crippen molar-refractivity contribution in [3.8, 4) is 5.88 Å². The van der Waals surface area contributed by atoms with Crippen LogP contribution in [0.25, 0.3) is 0 Å². The van der Waals surface area contributed by atoms with Crippen LogP contribution >= 0.6 is 11.8 Å². The summed E-state index contributed by atoms with van der Waals surface area (Å²) in [6.07, 6.45) is 5.00. The molecule has 1 aliphatic carbocycles. The van der Waals surface area contributed by atoms with Crippen molar-refractivity contribution in [1.82, 2.24) is 9.97 Å². The predicted molar refractivity (Wildman–Crippen MR) is 115 cm³/mol. The maximum absolute atomic E-state index is 15.7. The van der Waals surface area contributed by atoms with Gasteiger partial charge < -0.3 is 20.5 Å². The second-order valence-corrected chi connectivity index (χ2v) is 9.20. The molecule has 168 valence electrons. The molecule has 32 heavy (non-hydrogen) atoms. The molecule has 2 aliphatic heterocycles. The van der Waals surface area contributed by atoms with Crippen LogP contribution in [-0.2, 0) is 10.3 Å². The normalized spacial score (nSPS) is 26.9. The fraction of sp³-hybridized carbons (Fsp3) is 0.429. The number of fused-ring (bicyclic) bond motifs is 1. The van der Waals surface area contributed by atoms with Crippen LogP contribution in [0.4, 0.5) is 14.5 Å². The van der Waals surface area contributed by atoms with Crippen molar-refractivity contribution >= 4 is 28.5 Å². The molecule has 2 aromatic rings. The molecule has 8 nitrogen and oxygen atoms in total. The molecule has 3 aliphatic rings. The summed E-state index contributed by atoms with van der Waals surface area (Å²) >= 11 is 1.07. The highest BCUT2D eigenvalue weighted by Crippen LogP contribution is 2.50. The van der Waals surface area contributed by atoms with Crippen molar-refractivity contribution in [3.05, 3.63) is 47.7 Å². The molecule has 2 fully saturated rings. The monoisotopic (exact) mass is 461 g/mol. The zero-order valence-electron chi connectivity index (χ0n) is 17.0. The first-order chi connectivity index (χ1) is 15.4. The van der Waals surface area contributed by atoms with Crippen LogP contribution in [-0.4, -0.2) is 52.3 Å². The Morgan fingerprint density at radius 2 is 2.16 bits per heavy atom. The second kappa shape index (κ2) is 7.96. The van der Waals surface area contributed by atoms with E-state index in [1.165, 1.54) is 24.5 Å². The number of rotatable bonds is 6. The average molecular weight is 461 g/mol. The molecule has 0 spiro atoms. The Labute approximate surface area is 187 Å². The number of ether oxygens (including phenoxy) is 2. The quantitative estimate of drug-likeness (QED) is 0.680. The van der Waals surface area contributed by atoms with E-state index in [-0.39, 0.29) is 41.1 Å². The van der Waals surface area contributed by atoms with Gasteiger partial charge >= 0.3 is 0 Å². The third kappa shape index (κ3) is 3.79. The minimum atomic E-state index is -1.91. The van der Waals surface area contributed by atoms with E-state index in [1.54, 1.807) is 0 Å². The van der Waals surface area contributed by atoms with Crippen molar-refractivity contribution in [2.45, 2.75) is 24.0 Å². The molecule has 11 heteroatoms. The number of anilines is 1.